The van der Waals surface area contributed by atoms with E-state index in [4.69, 9.17) is 16.3 Å². The van der Waals surface area contributed by atoms with E-state index in [0.29, 0.717) is 24.7 Å². The third kappa shape index (κ3) is 4.21. The number of halogens is 1. The average molecular weight is 371 g/mol. The Labute approximate surface area is 156 Å². The Morgan fingerprint density at radius 1 is 1.12 bits per heavy atom. The molecule has 2 aromatic heterocycles. The molecule has 0 saturated heterocycles. The van der Waals surface area contributed by atoms with Gasteiger partial charge in [-0.1, -0.05) is 11.6 Å². The molecule has 1 amide bonds. The highest BCUT2D eigenvalue weighted by Crippen LogP contribution is 2.28. The Morgan fingerprint density at radius 3 is 2.65 bits per heavy atom. The second kappa shape index (κ2) is 8.49. The Balaban J connectivity index is 1.83. The van der Waals surface area contributed by atoms with Crippen molar-refractivity contribution in [1.29, 1.82) is 0 Å². The van der Waals surface area contributed by atoms with E-state index in [2.05, 4.69) is 20.6 Å². The van der Waals surface area contributed by atoms with Gasteiger partial charge in [-0.3, -0.25) is 4.79 Å². The fourth-order valence-electron chi connectivity index (χ4n) is 2.56. The standard InChI is InChI=1S/C19H19ClN4O2/c1-26-14-5-3-13(4-6-14)16-11-17-15(19(20)24-16)7-8-18(23-17)22-10-2-9-21-12-25/h3-8,11-12H,2,9-10H2,1H3,(H,21,25)(H,22,23). The number of aromatic nitrogens is 2. The quantitative estimate of drug-likeness (QED) is 0.360. The first-order valence-electron chi connectivity index (χ1n) is 8.24. The molecule has 0 fully saturated rings. The van der Waals surface area contributed by atoms with Gasteiger partial charge in [0.05, 0.1) is 18.3 Å². The van der Waals surface area contributed by atoms with E-state index in [9.17, 15) is 4.79 Å². The number of hydrogen-bond acceptors (Lipinski definition) is 5. The molecule has 26 heavy (non-hydrogen) atoms. The number of nitrogens with zero attached hydrogens (tertiary/aromatic N) is 2. The normalized spacial score (nSPS) is 10.5. The minimum atomic E-state index is 0.419. The maximum absolute atomic E-state index is 10.2. The maximum Gasteiger partial charge on any atom is 0.207 e. The van der Waals surface area contributed by atoms with E-state index >= 15 is 0 Å². The minimum Gasteiger partial charge on any atom is -0.497 e. The Kier molecular flexibility index (Phi) is 5.86. The molecule has 1 aromatic carbocycles. The number of carbonyl (C=O) groups excluding carboxylic acids is 1. The highest BCUT2D eigenvalue weighted by Gasteiger charge is 2.08. The molecule has 134 valence electrons. The fourth-order valence-corrected chi connectivity index (χ4v) is 2.81. The molecule has 7 heteroatoms. The third-order valence-electron chi connectivity index (χ3n) is 3.91. The molecule has 0 unspecified atom stereocenters. The van der Waals surface area contributed by atoms with Crippen LogP contribution >= 0.6 is 11.6 Å². The van der Waals surface area contributed by atoms with Crippen LogP contribution in [0.4, 0.5) is 5.82 Å². The van der Waals surface area contributed by atoms with Crippen molar-refractivity contribution < 1.29 is 9.53 Å². The zero-order valence-electron chi connectivity index (χ0n) is 14.3. The van der Waals surface area contributed by atoms with Gasteiger partial charge in [-0.15, -0.1) is 0 Å². The maximum atomic E-state index is 10.2. The van der Waals surface area contributed by atoms with Gasteiger partial charge in [0.25, 0.3) is 0 Å². The molecule has 0 aliphatic carbocycles. The molecule has 2 heterocycles. The van der Waals surface area contributed by atoms with Crippen LogP contribution in [0.3, 0.4) is 0 Å². The molecule has 0 aliphatic rings. The SMILES string of the molecule is COc1ccc(-c2cc3nc(NCCCNC=O)ccc3c(Cl)n2)cc1. The van der Waals surface area contributed by atoms with Crippen molar-refractivity contribution in [3.8, 4) is 17.0 Å². The van der Waals surface area contributed by atoms with E-state index in [1.807, 2.05) is 42.5 Å². The van der Waals surface area contributed by atoms with Crippen molar-refractivity contribution in [3.63, 3.8) is 0 Å². The van der Waals surface area contributed by atoms with Gasteiger partial charge < -0.3 is 15.4 Å². The summed E-state index contributed by atoms with van der Waals surface area (Å²) in [5.74, 6) is 1.54. The number of methoxy groups -OCH3 is 1. The van der Waals surface area contributed by atoms with Gasteiger partial charge in [0.2, 0.25) is 6.41 Å². The zero-order valence-corrected chi connectivity index (χ0v) is 15.1. The molecule has 3 rings (SSSR count). The Hall–Kier alpha value is -2.86. The van der Waals surface area contributed by atoms with E-state index in [0.717, 1.165) is 40.1 Å². The summed E-state index contributed by atoms with van der Waals surface area (Å²) < 4.78 is 5.19. The molecule has 0 bridgehead atoms. The lowest BCUT2D eigenvalue weighted by atomic mass is 10.1. The largest absolute Gasteiger partial charge is 0.497 e. The monoisotopic (exact) mass is 370 g/mol. The predicted molar refractivity (Wildman–Crippen MR) is 104 cm³/mol. The van der Waals surface area contributed by atoms with E-state index in [1.54, 1.807) is 7.11 Å². The zero-order chi connectivity index (χ0) is 18.4. The molecule has 0 atom stereocenters. The Bertz CT molecular complexity index is 900. The van der Waals surface area contributed by atoms with Crippen molar-refractivity contribution in [2.75, 3.05) is 25.5 Å². The summed E-state index contributed by atoms with van der Waals surface area (Å²) in [7, 11) is 1.63. The molecule has 0 aliphatic heterocycles. The lowest BCUT2D eigenvalue weighted by molar-refractivity contribution is -0.109. The van der Waals surface area contributed by atoms with E-state index in [-0.39, 0.29) is 0 Å². The van der Waals surface area contributed by atoms with Crippen LogP contribution in [0.15, 0.2) is 42.5 Å². The van der Waals surface area contributed by atoms with Crippen LogP contribution in [-0.2, 0) is 4.79 Å². The smallest absolute Gasteiger partial charge is 0.207 e. The summed E-state index contributed by atoms with van der Waals surface area (Å²) in [5, 5.41) is 7.09. The topological polar surface area (TPSA) is 76.1 Å². The van der Waals surface area contributed by atoms with Crippen LogP contribution in [-0.4, -0.2) is 36.6 Å². The van der Waals surface area contributed by atoms with Crippen LogP contribution in [0.5, 0.6) is 5.75 Å². The van der Waals surface area contributed by atoms with Crippen molar-refractivity contribution in [1.82, 2.24) is 15.3 Å². The van der Waals surface area contributed by atoms with Crippen molar-refractivity contribution in [2.45, 2.75) is 6.42 Å². The number of nitrogens with one attached hydrogen (secondary N) is 2. The lowest BCUT2D eigenvalue weighted by Gasteiger charge is -2.09. The molecular weight excluding hydrogens is 352 g/mol. The summed E-state index contributed by atoms with van der Waals surface area (Å²) in [6.07, 6.45) is 1.51. The van der Waals surface area contributed by atoms with Crippen LogP contribution < -0.4 is 15.4 Å². The van der Waals surface area contributed by atoms with Gasteiger partial charge in [0.15, 0.2) is 0 Å². The number of carbonyl (C=O) groups is 1. The number of benzene rings is 1. The molecule has 2 N–H and O–H groups in total. The molecular formula is C19H19ClN4O2. The average Bonchev–Trinajstić information content (AvgIpc) is 2.67. The molecule has 6 nitrogen and oxygen atoms in total. The summed E-state index contributed by atoms with van der Waals surface area (Å²) in [6.45, 7) is 1.34. The first-order valence-corrected chi connectivity index (χ1v) is 8.61. The first kappa shape index (κ1) is 17.9. The van der Waals surface area contributed by atoms with Gasteiger partial charge in [0.1, 0.15) is 16.7 Å². The van der Waals surface area contributed by atoms with E-state index in [1.165, 1.54) is 0 Å². The van der Waals surface area contributed by atoms with E-state index < -0.39 is 0 Å². The number of rotatable bonds is 8. The van der Waals surface area contributed by atoms with Crippen LogP contribution in [0, 0.1) is 0 Å². The second-order valence-electron chi connectivity index (χ2n) is 5.64. The van der Waals surface area contributed by atoms with Gasteiger partial charge in [0, 0.05) is 24.0 Å². The van der Waals surface area contributed by atoms with Gasteiger partial charge in [-0.2, -0.15) is 0 Å². The number of fused-ring (bicyclic) bond motifs is 1. The number of hydrogen-bond donors (Lipinski definition) is 2. The van der Waals surface area contributed by atoms with Gasteiger partial charge in [-0.05, 0) is 48.9 Å². The van der Waals surface area contributed by atoms with Gasteiger partial charge in [-0.25, -0.2) is 9.97 Å². The third-order valence-corrected chi connectivity index (χ3v) is 4.20. The van der Waals surface area contributed by atoms with Crippen LogP contribution in [0.25, 0.3) is 22.2 Å². The van der Waals surface area contributed by atoms with Crippen molar-refractivity contribution in [3.05, 3.63) is 47.6 Å². The number of amides is 1. The minimum absolute atomic E-state index is 0.419. The summed E-state index contributed by atoms with van der Waals surface area (Å²) >= 11 is 6.35. The molecule has 0 saturated carbocycles. The van der Waals surface area contributed by atoms with Crippen molar-refractivity contribution in [2.24, 2.45) is 0 Å². The highest BCUT2D eigenvalue weighted by molar-refractivity contribution is 6.34. The van der Waals surface area contributed by atoms with Crippen LogP contribution in [0.2, 0.25) is 5.15 Å². The predicted octanol–water partition coefficient (Wildman–Crippen LogP) is 3.51. The fraction of sp³-hybridized carbons (Fsp3) is 0.211. The molecule has 0 spiro atoms. The van der Waals surface area contributed by atoms with Crippen molar-refractivity contribution >= 4 is 34.7 Å². The highest BCUT2D eigenvalue weighted by atomic mass is 35.5. The van der Waals surface area contributed by atoms with Gasteiger partial charge >= 0.3 is 0 Å². The Morgan fingerprint density at radius 2 is 1.92 bits per heavy atom. The lowest BCUT2D eigenvalue weighted by Crippen LogP contribution is -2.16. The molecule has 0 radical (unpaired) electrons. The van der Waals surface area contributed by atoms with Crippen LogP contribution in [0.1, 0.15) is 6.42 Å². The number of pyridine rings is 2. The number of anilines is 1. The molecule has 3 aromatic rings. The summed E-state index contributed by atoms with van der Waals surface area (Å²) in [5.41, 5.74) is 2.46. The summed E-state index contributed by atoms with van der Waals surface area (Å²) in [6, 6.07) is 13.3. The summed E-state index contributed by atoms with van der Waals surface area (Å²) in [4.78, 5) is 19.3. The number of ether oxygens (including phenoxy) is 1. The second-order valence-corrected chi connectivity index (χ2v) is 6.00. The first-order chi connectivity index (χ1) is 12.7.